The standard InChI is InChI=1S/C22H40N4O7/c1-21(2,3)31-19(29)24-12-8-7-9-16(23)17(27)26-13-10-15(11-14-26)18(28)33-25-20(30)32-22(4,5)6/h15-16H,7-14,23H2,1-6H3,(H,24,29)(H,25,30). The number of hydrogen-bond acceptors (Lipinski definition) is 8. The first kappa shape index (κ1) is 28.5. The molecule has 1 aliphatic heterocycles. The minimum absolute atomic E-state index is 0.159. The number of likely N-dealkylation sites (tertiary alicyclic amines) is 1. The molecule has 1 rings (SSSR count). The first-order chi connectivity index (χ1) is 15.2. The third-order valence-electron chi connectivity index (χ3n) is 4.70. The first-order valence-electron chi connectivity index (χ1n) is 11.4. The van der Waals surface area contributed by atoms with Crippen LogP contribution in [0, 0.1) is 5.92 Å². The molecule has 3 amide bonds. The number of nitrogens with one attached hydrogen (secondary N) is 2. The van der Waals surface area contributed by atoms with Gasteiger partial charge in [0.25, 0.3) is 0 Å². The fourth-order valence-corrected chi connectivity index (χ4v) is 3.16. The van der Waals surface area contributed by atoms with Gasteiger partial charge in [0, 0.05) is 19.6 Å². The number of amides is 3. The van der Waals surface area contributed by atoms with Gasteiger partial charge in [-0.15, -0.1) is 5.48 Å². The number of carbonyl (C=O) groups is 4. The van der Waals surface area contributed by atoms with E-state index in [0.29, 0.717) is 51.7 Å². The molecule has 1 heterocycles. The fourth-order valence-electron chi connectivity index (χ4n) is 3.16. The molecule has 0 spiro atoms. The number of nitrogens with two attached hydrogens (primary N) is 1. The Morgan fingerprint density at radius 1 is 0.939 bits per heavy atom. The number of nitrogens with zero attached hydrogens (tertiary/aromatic N) is 1. The Morgan fingerprint density at radius 2 is 1.48 bits per heavy atom. The van der Waals surface area contributed by atoms with E-state index in [1.54, 1.807) is 46.4 Å². The summed E-state index contributed by atoms with van der Waals surface area (Å²) in [6.07, 6.45) is 1.40. The van der Waals surface area contributed by atoms with E-state index in [1.807, 2.05) is 5.48 Å². The lowest BCUT2D eigenvalue weighted by atomic mass is 9.96. The topological polar surface area (TPSA) is 149 Å². The summed E-state index contributed by atoms with van der Waals surface area (Å²) in [5.74, 6) is -1.14. The number of piperidine rings is 1. The van der Waals surface area contributed by atoms with Crippen molar-refractivity contribution in [3.8, 4) is 0 Å². The number of rotatable bonds is 7. The summed E-state index contributed by atoms with van der Waals surface area (Å²) < 4.78 is 10.2. The molecule has 1 unspecified atom stereocenters. The van der Waals surface area contributed by atoms with Crippen LogP contribution in [0.15, 0.2) is 0 Å². The van der Waals surface area contributed by atoms with Gasteiger partial charge < -0.3 is 30.3 Å². The molecule has 0 bridgehead atoms. The number of alkyl carbamates (subject to hydrolysis) is 1. The van der Waals surface area contributed by atoms with E-state index >= 15 is 0 Å². The second kappa shape index (κ2) is 12.6. The zero-order valence-corrected chi connectivity index (χ0v) is 20.7. The van der Waals surface area contributed by atoms with Gasteiger partial charge in [0.05, 0.1) is 12.0 Å². The molecule has 1 fully saturated rings. The zero-order chi connectivity index (χ0) is 25.2. The summed E-state index contributed by atoms with van der Waals surface area (Å²) in [5, 5.41) is 2.67. The molecular weight excluding hydrogens is 432 g/mol. The highest BCUT2D eigenvalue weighted by atomic mass is 16.7. The van der Waals surface area contributed by atoms with E-state index in [9.17, 15) is 19.2 Å². The summed E-state index contributed by atoms with van der Waals surface area (Å²) >= 11 is 0. The van der Waals surface area contributed by atoms with Crippen LogP contribution < -0.4 is 16.5 Å². The zero-order valence-electron chi connectivity index (χ0n) is 20.7. The van der Waals surface area contributed by atoms with Crippen molar-refractivity contribution < 1.29 is 33.5 Å². The van der Waals surface area contributed by atoms with E-state index < -0.39 is 41.3 Å². The summed E-state index contributed by atoms with van der Waals surface area (Å²) in [6.45, 7) is 11.7. The number of hydrogen-bond donors (Lipinski definition) is 3. The largest absolute Gasteiger partial charge is 0.444 e. The number of ether oxygens (including phenoxy) is 2. The molecule has 0 aromatic carbocycles. The summed E-state index contributed by atoms with van der Waals surface area (Å²) in [6, 6.07) is -0.635. The van der Waals surface area contributed by atoms with E-state index in [0.717, 1.165) is 0 Å². The van der Waals surface area contributed by atoms with Crippen molar-refractivity contribution in [1.29, 1.82) is 0 Å². The molecule has 33 heavy (non-hydrogen) atoms. The maximum atomic E-state index is 12.6. The fraction of sp³-hybridized carbons (Fsp3) is 0.818. The smallest absolute Gasteiger partial charge is 0.441 e. The van der Waals surface area contributed by atoms with E-state index in [-0.39, 0.29) is 5.91 Å². The van der Waals surface area contributed by atoms with Crippen LogP contribution in [0.25, 0.3) is 0 Å². The van der Waals surface area contributed by atoms with Crippen LogP contribution in [-0.4, -0.2) is 65.8 Å². The lowest BCUT2D eigenvalue weighted by Crippen LogP contribution is -2.48. The van der Waals surface area contributed by atoms with Gasteiger partial charge >= 0.3 is 18.2 Å². The normalized spacial score (nSPS) is 15.9. The van der Waals surface area contributed by atoms with Crippen LogP contribution >= 0.6 is 0 Å². The maximum absolute atomic E-state index is 12.6. The van der Waals surface area contributed by atoms with Crippen molar-refractivity contribution in [2.75, 3.05) is 19.6 Å². The third-order valence-corrected chi connectivity index (χ3v) is 4.70. The van der Waals surface area contributed by atoms with E-state index in [2.05, 4.69) is 5.32 Å². The van der Waals surface area contributed by atoms with E-state index in [4.69, 9.17) is 20.0 Å². The van der Waals surface area contributed by atoms with Crippen molar-refractivity contribution in [2.45, 2.75) is 90.9 Å². The van der Waals surface area contributed by atoms with Gasteiger partial charge in [-0.05, 0) is 73.6 Å². The second-order valence-electron chi connectivity index (χ2n) is 10.2. The van der Waals surface area contributed by atoms with Crippen LogP contribution in [-0.2, 0) is 23.9 Å². The minimum Gasteiger partial charge on any atom is -0.444 e. The summed E-state index contributed by atoms with van der Waals surface area (Å²) in [5.41, 5.74) is 6.79. The van der Waals surface area contributed by atoms with Crippen molar-refractivity contribution >= 4 is 24.1 Å². The highest BCUT2D eigenvalue weighted by Gasteiger charge is 2.31. The molecule has 1 atom stereocenters. The SMILES string of the molecule is CC(C)(C)OC(=O)NCCCCC(N)C(=O)N1CCC(C(=O)ONC(=O)OC(C)(C)C)CC1. The summed E-state index contributed by atoms with van der Waals surface area (Å²) in [7, 11) is 0. The number of carbonyl (C=O) groups excluding carboxylic acids is 4. The Kier molecular flexibility index (Phi) is 10.9. The van der Waals surface area contributed by atoms with E-state index in [1.165, 1.54) is 0 Å². The Bertz CT molecular complexity index is 677. The van der Waals surface area contributed by atoms with Gasteiger partial charge in [-0.1, -0.05) is 0 Å². The number of unbranched alkanes of at least 4 members (excludes halogenated alkanes) is 1. The Balaban J connectivity index is 2.25. The Hall–Kier alpha value is -2.56. The van der Waals surface area contributed by atoms with Gasteiger partial charge in [-0.3, -0.25) is 4.79 Å². The van der Waals surface area contributed by atoms with Crippen LogP contribution in [0.3, 0.4) is 0 Å². The molecule has 0 aliphatic carbocycles. The highest BCUT2D eigenvalue weighted by Crippen LogP contribution is 2.19. The second-order valence-corrected chi connectivity index (χ2v) is 10.2. The molecule has 0 radical (unpaired) electrons. The molecule has 190 valence electrons. The molecule has 1 saturated heterocycles. The number of hydroxylamine groups is 1. The first-order valence-corrected chi connectivity index (χ1v) is 11.4. The Labute approximate surface area is 196 Å². The minimum atomic E-state index is -0.837. The van der Waals surface area contributed by atoms with Gasteiger partial charge in [-0.25, -0.2) is 14.4 Å². The molecule has 0 saturated carbocycles. The van der Waals surface area contributed by atoms with Crippen molar-refractivity contribution in [2.24, 2.45) is 11.7 Å². The molecule has 0 aromatic heterocycles. The molecule has 4 N–H and O–H groups in total. The average Bonchev–Trinajstić information content (AvgIpc) is 2.68. The Morgan fingerprint density at radius 3 is 2.03 bits per heavy atom. The van der Waals surface area contributed by atoms with Gasteiger partial charge in [-0.2, -0.15) is 0 Å². The van der Waals surface area contributed by atoms with Crippen LogP contribution in [0.2, 0.25) is 0 Å². The predicted octanol–water partition coefficient (Wildman–Crippen LogP) is 2.23. The van der Waals surface area contributed by atoms with Crippen molar-refractivity contribution in [1.82, 2.24) is 15.7 Å². The highest BCUT2D eigenvalue weighted by molar-refractivity contribution is 5.82. The summed E-state index contributed by atoms with van der Waals surface area (Å²) in [4.78, 5) is 54.4. The molecule has 11 nitrogen and oxygen atoms in total. The molecule has 11 heteroatoms. The van der Waals surface area contributed by atoms with Gasteiger partial charge in [0.15, 0.2) is 0 Å². The predicted molar refractivity (Wildman–Crippen MR) is 121 cm³/mol. The lowest BCUT2D eigenvalue weighted by molar-refractivity contribution is -0.158. The molecule has 1 aliphatic rings. The third kappa shape index (κ3) is 12.3. The molecular formula is C22H40N4O7. The van der Waals surface area contributed by atoms with Gasteiger partial charge in [0.2, 0.25) is 5.91 Å². The maximum Gasteiger partial charge on any atom is 0.441 e. The average molecular weight is 473 g/mol. The lowest BCUT2D eigenvalue weighted by Gasteiger charge is -2.32. The van der Waals surface area contributed by atoms with Crippen molar-refractivity contribution in [3.05, 3.63) is 0 Å². The quantitative estimate of drug-likeness (QED) is 0.290. The van der Waals surface area contributed by atoms with Crippen LogP contribution in [0.4, 0.5) is 9.59 Å². The molecule has 0 aromatic rings. The van der Waals surface area contributed by atoms with Crippen LogP contribution in [0.5, 0.6) is 0 Å². The van der Waals surface area contributed by atoms with Crippen molar-refractivity contribution in [3.63, 3.8) is 0 Å². The van der Waals surface area contributed by atoms with Gasteiger partial charge in [0.1, 0.15) is 11.2 Å². The monoisotopic (exact) mass is 472 g/mol. The van der Waals surface area contributed by atoms with Crippen LogP contribution in [0.1, 0.15) is 73.6 Å².